The van der Waals surface area contributed by atoms with E-state index in [1.54, 1.807) is 23.1 Å². The van der Waals surface area contributed by atoms with E-state index < -0.39 is 11.7 Å². The third-order valence-corrected chi connectivity index (χ3v) is 4.59. The summed E-state index contributed by atoms with van der Waals surface area (Å²) in [5.74, 6) is -0.288. The Kier molecular flexibility index (Phi) is 4.47. The molecule has 3 rings (SSSR count). The fourth-order valence-electron chi connectivity index (χ4n) is 3.33. The van der Waals surface area contributed by atoms with Gasteiger partial charge in [0.05, 0.1) is 12.1 Å². The molecule has 2 aliphatic rings. The lowest BCUT2D eigenvalue weighted by Gasteiger charge is -2.33. The van der Waals surface area contributed by atoms with Crippen LogP contribution in [-0.4, -0.2) is 36.2 Å². The van der Waals surface area contributed by atoms with Crippen molar-refractivity contribution in [3.63, 3.8) is 0 Å². The Balaban J connectivity index is 1.69. The highest BCUT2D eigenvalue weighted by molar-refractivity contribution is 6.44. The van der Waals surface area contributed by atoms with Crippen LogP contribution in [0.1, 0.15) is 36.8 Å². The summed E-state index contributed by atoms with van der Waals surface area (Å²) < 4.78 is 39.5. The zero-order chi connectivity index (χ0) is 17.3. The topological polar surface area (TPSA) is 32.7 Å². The normalized spacial score (nSPS) is 19.2. The molecule has 0 saturated carbocycles. The number of likely N-dealkylation sites (tertiary alicyclic amines) is 1. The SMILES string of the molecule is CC1=CC(C(=O)N2CCC(c3ccccc3C(F)(F)F)CC2)=NC1. The lowest BCUT2D eigenvalue weighted by Crippen LogP contribution is -2.41. The zero-order valence-corrected chi connectivity index (χ0v) is 13.4. The first-order chi connectivity index (χ1) is 11.4. The number of rotatable bonds is 2. The number of hydrogen-bond acceptors (Lipinski definition) is 2. The van der Waals surface area contributed by atoms with Gasteiger partial charge in [0, 0.05) is 13.1 Å². The molecule has 1 aromatic carbocycles. The first-order valence-corrected chi connectivity index (χ1v) is 8.03. The highest BCUT2D eigenvalue weighted by Crippen LogP contribution is 2.38. The van der Waals surface area contributed by atoms with Gasteiger partial charge in [0.1, 0.15) is 5.71 Å². The fraction of sp³-hybridized carbons (Fsp3) is 0.444. The van der Waals surface area contributed by atoms with Crippen molar-refractivity contribution < 1.29 is 18.0 Å². The number of carbonyl (C=O) groups is 1. The van der Waals surface area contributed by atoms with Crippen LogP contribution in [0.2, 0.25) is 0 Å². The number of amides is 1. The summed E-state index contributed by atoms with van der Waals surface area (Å²) in [4.78, 5) is 18.3. The lowest BCUT2D eigenvalue weighted by molar-refractivity contribution is -0.138. The predicted molar refractivity (Wildman–Crippen MR) is 86.1 cm³/mol. The van der Waals surface area contributed by atoms with Crippen molar-refractivity contribution in [1.82, 2.24) is 4.90 Å². The maximum Gasteiger partial charge on any atom is 0.416 e. The van der Waals surface area contributed by atoms with Crippen LogP contribution in [0.25, 0.3) is 0 Å². The molecule has 128 valence electrons. The van der Waals surface area contributed by atoms with E-state index >= 15 is 0 Å². The standard InChI is InChI=1S/C18H19F3N2O/c1-12-10-16(22-11-12)17(24)23-8-6-13(7-9-23)14-4-2-3-5-15(14)18(19,20)21/h2-5,10,13H,6-9,11H2,1H3. The molecule has 3 nitrogen and oxygen atoms in total. The Bertz CT molecular complexity index is 698. The number of nitrogens with zero attached hydrogens (tertiary/aromatic N) is 2. The molecule has 0 N–H and O–H groups in total. The second kappa shape index (κ2) is 6.42. The van der Waals surface area contributed by atoms with Gasteiger partial charge in [-0.05, 0) is 49.0 Å². The van der Waals surface area contributed by atoms with Crippen LogP contribution in [0.3, 0.4) is 0 Å². The molecule has 0 aromatic heterocycles. The van der Waals surface area contributed by atoms with Crippen LogP contribution in [0.4, 0.5) is 13.2 Å². The Morgan fingerprint density at radius 2 is 1.88 bits per heavy atom. The molecule has 6 heteroatoms. The van der Waals surface area contributed by atoms with Crippen molar-refractivity contribution >= 4 is 11.6 Å². The van der Waals surface area contributed by atoms with Crippen LogP contribution in [0.5, 0.6) is 0 Å². The number of halogens is 3. The van der Waals surface area contributed by atoms with Crippen molar-refractivity contribution in [3.05, 3.63) is 47.0 Å². The molecule has 24 heavy (non-hydrogen) atoms. The van der Waals surface area contributed by atoms with Crippen LogP contribution in [0, 0.1) is 0 Å². The van der Waals surface area contributed by atoms with Crippen molar-refractivity contribution in [1.29, 1.82) is 0 Å². The molecule has 0 aliphatic carbocycles. The van der Waals surface area contributed by atoms with E-state index in [0.717, 1.165) is 11.6 Å². The van der Waals surface area contributed by atoms with Gasteiger partial charge in [-0.15, -0.1) is 0 Å². The van der Waals surface area contributed by atoms with Gasteiger partial charge >= 0.3 is 6.18 Å². The zero-order valence-electron chi connectivity index (χ0n) is 13.4. The average molecular weight is 336 g/mol. The minimum atomic E-state index is -4.34. The minimum Gasteiger partial charge on any atom is -0.337 e. The highest BCUT2D eigenvalue weighted by atomic mass is 19.4. The summed E-state index contributed by atoms with van der Waals surface area (Å²) in [6.07, 6.45) is -1.48. The van der Waals surface area contributed by atoms with Gasteiger partial charge < -0.3 is 4.90 Å². The monoisotopic (exact) mass is 336 g/mol. The number of alkyl halides is 3. The number of hydrogen-bond donors (Lipinski definition) is 0. The summed E-state index contributed by atoms with van der Waals surface area (Å²) in [6, 6.07) is 5.74. The highest BCUT2D eigenvalue weighted by Gasteiger charge is 2.36. The molecule has 0 spiro atoms. The summed E-state index contributed by atoms with van der Waals surface area (Å²) in [7, 11) is 0. The quantitative estimate of drug-likeness (QED) is 0.808. The van der Waals surface area contributed by atoms with Crippen LogP contribution < -0.4 is 0 Å². The predicted octanol–water partition coefficient (Wildman–Crippen LogP) is 3.81. The largest absolute Gasteiger partial charge is 0.416 e. The maximum absolute atomic E-state index is 13.2. The van der Waals surface area contributed by atoms with Crippen molar-refractivity contribution in [2.75, 3.05) is 19.6 Å². The Hall–Kier alpha value is -2.11. The lowest BCUT2D eigenvalue weighted by atomic mass is 9.86. The number of piperidine rings is 1. The molecule has 1 saturated heterocycles. The van der Waals surface area contributed by atoms with Gasteiger partial charge in [-0.1, -0.05) is 18.2 Å². The summed E-state index contributed by atoms with van der Waals surface area (Å²) in [5.41, 5.74) is 1.29. The maximum atomic E-state index is 13.2. The van der Waals surface area contributed by atoms with Crippen LogP contribution >= 0.6 is 0 Å². The number of aliphatic imine (C=N–C) groups is 1. The number of benzene rings is 1. The van der Waals surface area contributed by atoms with Gasteiger partial charge in [0.15, 0.2) is 0 Å². The molecular weight excluding hydrogens is 317 g/mol. The Morgan fingerprint density at radius 1 is 1.21 bits per heavy atom. The molecular formula is C18H19F3N2O. The van der Waals surface area contributed by atoms with E-state index in [-0.39, 0.29) is 11.8 Å². The molecule has 1 aromatic rings. The van der Waals surface area contributed by atoms with E-state index in [9.17, 15) is 18.0 Å². The molecule has 0 atom stereocenters. The van der Waals surface area contributed by atoms with Crippen LogP contribution in [-0.2, 0) is 11.0 Å². The van der Waals surface area contributed by atoms with Crippen LogP contribution in [0.15, 0.2) is 40.9 Å². The summed E-state index contributed by atoms with van der Waals surface area (Å²) in [6.45, 7) is 3.39. The van der Waals surface area contributed by atoms with Gasteiger partial charge in [-0.25, -0.2) is 0 Å². The second-order valence-corrected chi connectivity index (χ2v) is 6.34. The van der Waals surface area contributed by atoms with Gasteiger partial charge in [-0.3, -0.25) is 9.79 Å². The van der Waals surface area contributed by atoms with E-state index in [1.807, 2.05) is 6.92 Å². The molecule has 1 amide bonds. The molecule has 0 radical (unpaired) electrons. The van der Waals surface area contributed by atoms with Gasteiger partial charge in [0.25, 0.3) is 5.91 Å². The third kappa shape index (κ3) is 3.37. The summed E-state index contributed by atoms with van der Waals surface area (Å²) in [5, 5.41) is 0. The molecule has 0 unspecified atom stereocenters. The average Bonchev–Trinajstić information content (AvgIpc) is 3.00. The van der Waals surface area contributed by atoms with E-state index in [2.05, 4.69) is 4.99 Å². The molecule has 1 fully saturated rings. The van der Waals surface area contributed by atoms with Crippen molar-refractivity contribution in [2.24, 2.45) is 4.99 Å². The second-order valence-electron chi connectivity index (χ2n) is 6.34. The van der Waals surface area contributed by atoms with E-state index in [4.69, 9.17) is 0 Å². The van der Waals surface area contributed by atoms with Gasteiger partial charge in [-0.2, -0.15) is 13.2 Å². The third-order valence-electron chi connectivity index (χ3n) is 4.59. The first-order valence-electron chi connectivity index (χ1n) is 8.03. The van der Waals surface area contributed by atoms with E-state index in [0.29, 0.717) is 43.8 Å². The Morgan fingerprint density at radius 3 is 2.46 bits per heavy atom. The molecule has 2 aliphatic heterocycles. The minimum absolute atomic E-state index is 0.116. The van der Waals surface area contributed by atoms with Gasteiger partial charge in [0.2, 0.25) is 0 Å². The smallest absolute Gasteiger partial charge is 0.337 e. The molecule has 2 heterocycles. The fourth-order valence-corrected chi connectivity index (χ4v) is 3.33. The number of carbonyl (C=O) groups excluding carboxylic acids is 1. The Labute approximate surface area is 138 Å². The molecule has 0 bridgehead atoms. The summed E-state index contributed by atoms with van der Waals surface area (Å²) >= 11 is 0. The first kappa shape index (κ1) is 16.7. The van der Waals surface area contributed by atoms with E-state index in [1.165, 1.54) is 6.07 Å². The van der Waals surface area contributed by atoms with Crippen molar-refractivity contribution in [3.8, 4) is 0 Å². The van der Waals surface area contributed by atoms with Crippen molar-refractivity contribution in [2.45, 2.75) is 31.9 Å².